The average molecular weight is 359 g/mol. The quantitative estimate of drug-likeness (QED) is 0.780. The second kappa shape index (κ2) is 5.81. The molecule has 25 heavy (non-hydrogen) atoms. The van der Waals surface area contributed by atoms with Gasteiger partial charge in [-0.05, 0) is 36.8 Å². The third-order valence-corrected chi connectivity index (χ3v) is 5.54. The van der Waals surface area contributed by atoms with Crippen LogP contribution in [0.15, 0.2) is 42.5 Å². The SMILES string of the molecule is Cc1ccc2c(c1)Oc1ccccc1N2[C@H]1COC[C@@H]2OS(=O)O[C@@H]21. The zero-order valence-electron chi connectivity index (χ0n) is 13.6. The topological polar surface area (TPSA) is 57.2 Å². The van der Waals surface area contributed by atoms with Gasteiger partial charge < -0.3 is 14.4 Å². The second-order valence-electron chi connectivity index (χ2n) is 6.42. The fourth-order valence-corrected chi connectivity index (χ4v) is 4.48. The highest BCUT2D eigenvalue weighted by Gasteiger charge is 2.48. The zero-order valence-corrected chi connectivity index (χ0v) is 14.4. The number of hydrogen-bond donors (Lipinski definition) is 0. The van der Waals surface area contributed by atoms with E-state index < -0.39 is 11.4 Å². The Morgan fingerprint density at radius 3 is 2.80 bits per heavy atom. The Morgan fingerprint density at radius 1 is 1.04 bits per heavy atom. The van der Waals surface area contributed by atoms with Gasteiger partial charge in [-0.15, -0.1) is 0 Å². The van der Waals surface area contributed by atoms with E-state index in [1.54, 1.807) is 0 Å². The monoisotopic (exact) mass is 359 g/mol. The Bertz CT molecular complexity index is 857. The van der Waals surface area contributed by atoms with Crippen molar-refractivity contribution in [1.82, 2.24) is 0 Å². The minimum absolute atomic E-state index is 0.156. The highest BCUT2D eigenvalue weighted by atomic mass is 32.2. The number of ether oxygens (including phenoxy) is 2. The van der Waals surface area contributed by atoms with Crippen molar-refractivity contribution in [2.75, 3.05) is 18.1 Å². The molecule has 2 fully saturated rings. The van der Waals surface area contributed by atoms with E-state index in [4.69, 9.17) is 17.8 Å². The standard InChI is InChI=1S/C18H17NO5S/c1-11-6-7-13-16(8-11)22-15-5-3-2-4-12(15)19(13)14-9-21-10-17-18(14)24-25(20)23-17/h2-8,14,17-18H,9-10H2,1H3/t14-,17-,18+,25?/m0/s1. The summed E-state index contributed by atoms with van der Waals surface area (Å²) < 4.78 is 34.5. The van der Waals surface area contributed by atoms with Crippen LogP contribution in [0.1, 0.15) is 5.56 Å². The lowest BCUT2D eigenvalue weighted by molar-refractivity contribution is -0.0329. The molecule has 0 spiro atoms. The molecule has 6 nitrogen and oxygen atoms in total. The van der Waals surface area contributed by atoms with Crippen LogP contribution in [0.5, 0.6) is 11.5 Å². The first-order valence-corrected chi connectivity index (χ1v) is 9.21. The molecule has 0 aliphatic carbocycles. The molecule has 3 heterocycles. The molecule has 0 bridgehead atoms. The predicted molar refractivity (Wildman–Crippen MR) is 92.3 cm³/mol. The fraction of sp³-hybridized carbons (Fsp3) is 0.333. The zero-order chi connectivity index (χ0) is 17.0. The number of para-hydroxylation sites is 2. The lowest BCUT2D eigenvalue weighted by atomic mass is 9.99. The maximum Gasteiger partial charge on any atom is 0.305 e. The van der Waals surface area contributed by atoms with Crippen molar-refractivity contribution in [2.45, 2.75) is 25.2 Å². The minimum atomic E-state index is -1.73. The first-order chi connectivity index (χ1) is 12.2. The molecule has 0 aromatic heterocycles. The first-order valence-electron chi connectivity index (χ1n) is 8.21. The number of nitrogens with zero attached hydrogens (tertiary/aromatic N) is 1. The van der Waals surface area contributed by atoms with Crippen molar-refractivity contribution >= 4 is 22.7 Å². The molecule has 2 saturated heterocycles. The van der Waals surface area contributed by atoms with E-state index in [0.29, 0.717) is 13.2 Å². The van der Waals surface area contributed by atoms with Crippen LogP contribution in [0.25, 0.3) is 0 Å². The predicted octanol–water partition coefficient (Wildman–Crippen LogP) is 3.00. The van der Waals surface area contributed by atoms with Gasteiger partial charge in [-0.1, -0.05) is 18.2 Å². The smallest absolute Gasteiger partial charge is 0.305 e. The van der Waals surface area contributed by atoms with E-state index in [0.717, 1.165) is 28.4 Å². The maximum atomic E-state index is 11.7. The third-order valence-electron chi connectivity index (χ3n) is 4.76. The van der Waals surface area contributed by atoms with Gasteiger partial charge in [0.25, 0.3) is 0 Å². The van der Waals surface area contributed by atoms with Gasteiger partial charge in [0.1, 0.15) is 12.2 Å². The molecule has 5 rings (SSSR count). The highest BCUT2D eigenvalue weighted by molar-refractivity contribution is 7.75. The first kappa shape index (κ1) is 15.3. The Balaban J connectivity index is 1.64. The van der Waals surface area contributed by atoms with Crippen LogP contribution >= 0.6 is 0 Å². The van der Waals surface area contributed by atoms with Gasteiger partial charge in [0.05, 0.1) is 30.6 Å². The highest BCUT2D eigenvalue weighted by Crippen LogP contribution is 2.49. The normalized spacial score (nSPS) is 30.2. The van der Waals surface area contributed by atoms with E-state index >= 15 is 0 Å². The number of aryl methyl sites for hydroxylation is 1. The summed E-state index contributed by atoms with van der Waals surface area (Å²) in [6.45, 7) is 2.88. The molecular formula is C18H17NO5S. The van der Waals surface area contributed by atoms with E-state index in [-0.39, 0.29) is 18.2 Å². The van der Waals surface area contributed by atoms with Crippen LogP contribution in [-0.2, 0) is 24.5 Å². The Morgan fingerprint density at radius 2 is 1.88 bits per heavy atom. The van der Waals surface area contributed by atoms with Gasteiger partial charge in [0.2, 0.25) is 0 Å². The lowest BCUT2D eigenvalue weighted by Gasteiger charge is -2.42. The van der Waals surface area contributed by atoms with Gasteiger partial charge in [0.15, 0.2) is 11.5 Å². The molecule has 0 saturated carbocycles. The molecule has 4 atom stereocenters. The van der Waals surface area contributed by atoms with Crippen LogP contribution in [0.2, 0.25) is 0 Å². The molecule has 0 N–H and O–H groups in total. The number of anilines is 2. The van der Waals surface area contributed by atoms with Crippen LogP contribution in [0, 0.1) is 6.92 Å². The summed E-state index contributed by atoms with van der Waals surface area (Å²) in [6, 6.07) is 13.8. The van der Waals surface area contributed by atoms with E-state index in [9.17, 15) is 4.21 Å². The number of benzene rings is 2. The third kappa shape index (κ3) is 2.46. The van der Waals surface area contributed by atoms with Crippen molar-refractivity contribution in [3.63, 3.8) is 0 Å². The Labute approximate surface area is 148 Å². The maximum absolute atomic E-state index is 11.7. The molecule has 0 radical (unpaired) electrons. The second-order valence-corrected chi connectivity index (χ2v) is 7.21. The van der Waals surface area contributed by atoms with Crippen LogP contribution in [-0.4, -0.2) is 35.7 Å². The molecule has 1 unspecified atom stereocenters. The molecule has 3 aliphatic heterocycles. The molecule has 130 valence electrons. The number of fused-ring (bicyclic) bond motifs is 3. The molecular weight excluding hydrogens is 342 g/mol. The van der Waals surface area contributed by atoms with E-state index in [2.05, 4.69) is 11.0 Å². The largest absolute Gasteiger partial charge is 0.453 e. The molecule has 7 heteroatoms. The lowest BCUT2D eigenvalue weighted by Crippen LogP contribution is -2.54. The van der Waals surface area contributed by atoms with Crippen molar-refractivity contribution < 1.29 is 22.0 Å². The summed E-state index contributed by atoms with van der Waals surface area (Å²) in [6.07, 6.45) is -0.654. The van der Waals surface area contributed by atoms with Gasteiger partial charge in [-0.25, -0.2) is 0 Å². The Hall–Kier alpha value is -1.93. The van der Waals surface area contributed by atoms with Gasteiger partial charge in [0, 0.05) is 0 Å². The molecule has 2 aromatic carbocycles. The summed E-state index contributed by atoms with van der Waals surface area (Å²) in [7, 11) is 0. The van der Waals surface area contributed by atoms with Crippen molar-refractivity contribution in [2.24, 2.45) is 0 Å². The summed E-state index contributed by atoms with van der Waals surface area (Å²) >= 11 is -1.73. The number of rotatable bonds is 1. The van der Waals surface area contributed by atoms with Crippen LogP contribution in [0.3, 0.4) is 0 Å². The summed E-state index contributed by atoms with van der Waals surface area (Å²) in [5.74, 6) is 1.57. The summed E-state index contributed by atoms with van der Waals surface area (Å²) in [5.41, 5.74) is 3.01. The van der Waals surface area contributed by atoms with Gasteiger partial charge in [-0.3, -0.25) is 8.37 Å². The Kier molecular flexibility index (Phi) is 3.56. The van der Waals surface area contributed by atoms with Crippen molar-refractivity contribution in [3.05, 3.63) is 48.0 Å². The summed E-state index contributed by atoms with van der Waals surface area (Å²) in [5, 5.41) is 0. The molecule has 0 amide bonds. The van der Waals surface area contributed by atoms with Gasteiger partial charge in [-0.2, -0.15) is 4.21 Å². The minimum Gasteiger partial charge on any atom is -0.453 e. The average Bonchev–Trinajstić information content (AvgIpc) is 3.00. The summed E-state index contributed by atoms with van der Waals surface area (Å²) in [4.78, 5) is 2.16. The molecule has 2 aromatic rings. The van der Waals surface area contributed by atoms with Crippen molar-refractivity contribution in [1.29, 1.82) is 0 Å². The fourth-order valence-electron chi connectivity index (χ4n) is 3.64. The number of hydrogen-bond acceptors (Lipinski definition) is 6. The van der Waals surface area contributed by atoms with Crippen LogP contribution < -0.4 is 9.64 Å². The van der Waals surface area contributed by atoms with Crippen molar-refractivity contribution in [3.8, 4) is 11.5 Å². The van der Waals surface area contributed by atoms with Crippen LogP contribution in [0.4, 0.5) is 11.4 Å². The van der Waals surface area contributed by atoms with E-state index in [1.807, 2.05) is 43.3 Å². The van der Waals surface area contributed by atoms with Gasteiger partial charge >= 0.3 is 11.4 Å². The molecule has 3 aliphatic rings. The van der Waals surface area contributed by atoms with E-state index in [1.165, 1.54) is 0 Å².